The standard InChI is InChI=1S/C18H17ClN2O4S/c1-2-20(13-6-4-3-5-7-13)18(23)15-12-14(8-9-16(15)19)21-17(22)10-11-26(21,24)25/h3-9,12H,2,10-11H2,1H3. The van der Waals surface area contributed by atoms with Crippen LogP contribution in [0.5, 0.6) is 0 Å². The zero-order valence-corrected chi connectivity index (χ0v) is 15.6. The van der Waals surface area contributed by atoms with Crippen molar-refractivity contribution >= 4 is 44.8 Å². The molecule has 1 aliphatic rings. The third kappa shape index (κ3) is 3.32. The summed E-state index contributed by atoms with van der Waals surface area (Å²) in [6.45, 7) is 2.24. The monoisotopic (exact) mass is 392 g/mol. The quantitative estimate of drug-likeness (QED) is 0.801. The number of nitrogens with zero attached hydrogens (tertiary/aromatic N) is 2. The summed E-state index contributed by atoms with van der Waals surface area (Å²) in [5, 5.41) is 0.192. The first-order chi connectivity index (χ1) is 12.3. The highest BCUT2D eigenvalue weighted by molar-refractivity contribution is 7.94. The molecule has 2 amide bonds. The van der Waals surface area contributed by atoms with E-state index in [0.29, 0.717) is 12.2 Å². The van der Waals surface area contributed by atoms with Crippen LogP contribution in [0.2, 0.25) is 5.02 Å². The fourth-order valence-corrected chi connectivity index (χ4v) is 4.52. The molecule has 8 heteroatoms. The van der Waals surface area contributed by atoms with Gasteiger partial charge in [0.25, 0.3) is 5.91 Å². The Bertz CT molecular complexity index is 960. The van der Waals surface area contributed by atoms with E-state index in [-0.39, 0.29) is 34.4 Å². The van der Waals surface area contributed by atoms with E-state index < -0.39 is 15.9 Å². The van der Waals surface area contributed by atoms with Crippen molar-refractivity contribution in [3.8, 4) is 0 Å². The van der Waals surface area contributed by atoms with Gasteiger partial charge < -0.3 is 4.90 Å². The SMILES string of the molecule is CCN(C(=O)c1cc(N2C(=O)CCS2(=O)=O)ccc1Cl)c1ccccc1. The Morgan fingerprint density at radius 1 is 1.19 bits per heavy atom. The number of benzene rings is 2. The molecule has 2 aromatic rings. The average Bonchev–Trinajstić information content (AvgIpc) is 2.90. The average molecular weight is 393 g/mol. The summed E-state index contributed by atoms with van der Waals surface area (Å²) in [5.74, 6) is -1.11. The van der Waals surface area contributed by atoms with Crippen LogP contribution in [0, 0.1) is 0 Å². The molecule has 1 fully saturated rings. The summed E-state index contributed by atoms with van der Waals surface area (Å²) < 4.78 is 25.0. The molecular weight excluding hydrogens is 376 g/mol. The molecule has 0 spiro atoms. The second kappa shape index (κ2) is 7.09. The van der Waals surface area contributed by atoms with Gasteiger partial charge >= 0.3 is 0 Å². The minimum absolute atomic E-state index is 0.0701. The van der Waals surface area contributed by atoms with Gasteiger partial charge in [0.1, 0.15) is 0 Å². The Morgan fingerprint density at radius 3 is 2.46 bits per heavy atom. The summed E-state index contributed by atoms with van der Waals surface area (Å²) in [6, 6.07) is 13.3. The molecule has 3 rings (SSSR count). The van der Waals surface area contributed by atoms with E-state index in [1.54, 1.807) is 12.1 Å². The van der Waals surface area contributed by atoms with Gasteiger partial charge in [-0.2, -0.15) is 0 Å². The summed E-state index contributed by atoms with van der Waals surface area (Å²) in [5.41, 5.74) is 0.973. The highest BCUT2D eigenvalue weighted by Crippen LogP contribution is 2.30. The molecule has 0 N–H and O–H groups in total. The normalized spacial score (nSPS) is 15.9. The van der Waals surface area contributed by atoms with E-state index in [1.807, 2.05) is 25.1 Å². The van der Waals surface area contributed by atoms with Crippen LogP contribution in [0.1, 0.15) is 23.7 Å². The smallest absolute Gasteiger partial charge is 0.259 e. The molecule has 136 valence electrons. The molecule has 0 aromatic heterocycles. The predicted octanol–water partition coefficient (Wildman–Crippen LogP) is 3.07. The van der Waals surface area contributed by atoms with Crippen LogP contribution in [0.25, 0.3) is 0 Å². The largest absolute Gasteiger partial charge is 0.309 e. The van der Waals surface area contributed by atoms with E-state index in [2.05, 4.69) is 0 Å². The molecule has 0 atom stereocenters. The molecule has 0 radical (unpaired) electrons. The Kier molecular flexibility index (Phi) is 5.02. The minimum Gasteiger partial charge on any atom is -0.309 e. The lowest BCUT2D eigenvalue weighted by atomic mass is 10.1. The van der Waals surface area contributed by atoms with Gasteiger partial charge in [-0.3, -0.25) is 9.59 Å². The molecule has 0 saturated carbocycles. The van der Waals surface area contributed by atoms with Crippen LogP contribution < -0.4 is 9.21 Å². The molecule has 26 heavy (non-hydrogen) atoms. The van der Waals surface area contributed by atoms with E-state index in [1.165, 1.54) is 23.1 Å². The van der Waals surface area contributed by atoms with E-state index >= 15 is 0 Å². The number of hydrogen-bond acceptors (Lipinski definition) is 4. The van der Waals surface area contributed by atoms with E-state index in [9.17, 15) is 18.0 Å². The van der Waals surface area contributed by atoms with Gasteiger partial charge in [-0.25, -0.2) is 12.7 Å². The van der Waals surface area contributed by atoms with Crippen LogP contribution in [0.4, 0.5) is 11.4 Å². The van der Waals surface area contributed by atoms with E-state index in [0.717, 1.165) is 4.31 Å². The maximum absolute atomic E-state index is 13.0. The maximum Gasteiger partial charge on any atom is 0.259 e. The lowest BCUT2D eigenvalue weighted by Crippen LogP contribution is -2.32. The van der Waals surface area contributed by atoms with Gasteiger partial charge in [0, 0.05) is 18.7 Å². The molecule has 6 nitrogen and oxygen atoms in total. The first-order valence-electron chi connectivity index (χ1n) is 8.07. The number of rotatable bonds is 4. The minimum atomic E-state index is -3.71. The number of amides is 2. The summed E-state index contributed by atoms with van der Waals surface area (Å²) >= 11 is 6.19. The second-order valence-electron chi connectivity index (χ2n) is 5.77. The molecule has 1 saturated heterocycles. The van der Waals surface area contributed by atoms with Crippen molar-refractivity contribution in [2.24, 2.45) is 0 Å². The molecule has 1 aliphatic heterocycles. The second-order valence-corrected chi connectivity index (χ2v) is 8.12. The van der Waals surface area contributed by atoms with Gasteiger partial charge in [0.2, 0.25) is 15.9 Å². The van der Waals surface area contributed by atoms with Crippen molar-refractivity contribution in [3.63, 3.8) is 0 Å². The van der Waals surface area contributed by atoms with Gasteiger partial charge in [0.05, 0.1) is 22.0 Å². The van der Waals surface area contributed by atoms with Crippen molar-refractivity contribution in [1.82, 2.24) is 0 Å². The van der Waals surface area contributed by atoms with Crippen molar-refractivity contribution in [1.29, 1.82) is 0 Å². The number of hydrogen-bond donors (Lipinski definition) is 0. The molecule has 0 bridgehead atoms. The Morgan fingerprint density at radius 2 is 1.88 bits per heavy atom. The van der Waals surface area contributed by atoms with Crippen molar-refractivity contribution in [2.45, 2.75) is 13.3 Å². The van der Waals surface area contributed by atoms with Crippen LogP contribution in [-0.2, 0) is 14.8 Å². The number of sulfonamides is 1. The first-order valence-corrected chi connectivity index (χ1v) is 10.1. The molecular formula is C18H17ClN2O4S. The van der Waals surface area contributed by atoms with Crippen LogP contribution in [0.15, 0.2) is 48.5 Å². The first kappa shape index (κ1) is 18.4. The molecule has 0 unspecified atom stereocenters. The highest BCUT2D eigenvalue weighted by atomic mass is 35.5. The van der Waals surface area contributed by atoms with Crippen molar-refractivity contribution in [2.75, 3.05) is 21.5 Å². The third-order valence-corrected chi connectivity index (χ3v) is 6.14. The van der Waals surface area contributed by atoms with Crippen LogP contribution in [-0.4, -0.2) is 32.5 Å². The predicted molar refractivity (Wildman–Crippen MR) is 101 cm³/mol. The molecule has 2 aromatic carbocycles. The molecule has 0 aliphatic carbocycles. The topological polar surface area (TPSA) is 74.8 Å². The van der Waals surface area contributed by atoms with Gasteiger partial charge in [0.15, 0.2) is 0 Å². The molecule has 1 heterocycles. The Labute approximate surface area is 157 Å². The fourth-order valence-electron chi connectivity index (χ4n) is 2.87. The fraction of sp³-hybridized carbons (Fsp3) is 0.222. The van der Waals surface area contributed by atoms with Crippen LogP contribution >= 0.6 is 11.6 Å². The van der Waals surface area contributed by atoms with Gasteiger partial charge in [-0.1, -0.05) is 29.8 Å². The Hall–Kier alpha value is -2.38. The van der Waals surface area contributed by atoms with Gasteiger partial charge in [-0.05, 0) is 37.3 Å². The third-order valence-electron chi connectivity index (χ3n) is 4.12. The summed E-state index contributed by atoms with van der Waals surface area (Å²) in [7, 11) is -3.71. The zero-order valence-electron chi connectivity index (χ0n) is 14.1. The highest BCUT2D eigenvalue weighted by Gasteiger charge is 2.36. The number of carbonyl (C=O) groups is 2. The number of para-hydroxylation sites is 1. The lowest BCUT2D eigenvalue weighted by molar-refractivity contribution is -0.116. The maximum atomic E-state index is 13.0. The van der Waals surface area contributed by atoms with Gasteiger partial charge in [-0.15, -0.1) is 0 Å². The zero-order chi connectivity index (χ0) is 18.9. The summed E-state index contributed by atoms with van der Waals surface area (Å²) in [4.78, 5) is 26.5. The van der Waals surface area contributed by atoms with Crippen molar-refractivity contribution < 1.29 is 18.0 Å². The number of anilines is 2. The van der Waals surface area contributed by atoms with Crippen LogP contribution in [0.3, 0.4) is 0 Å². The van der Waals surface area contributed by atoms with E-state index in [4.69, 9.17) is 11.6 Å². The number of halogens is 1. The summed E-state index contributed by atoms with van der Waals surface area (Å²) in [6.07, 6.45) is -0.0701. The Balaban J connectivity index is 2.03. The number of carbonyl (C=O) groups excluding carboxylic acids is 2. The van der Waals surface area contributed by atoms with Crippen molar-refractivity contribution in [3.05, 3.63) is 59.1 Å². The lowest BCUT2D eigenvalue weighted by Gasteiger charge is -2.23.